The summed E-state index contributed by atoms with van der Waals surface area (Å²) in [5.74, 6) is -0.675. The molecule has 1 heterocycles. The number of carbonyl (C=O) groups excluding carboxylic acids is 3. The molecule has 13 heteroatoms. The summed E-state index contributed by atoms with van der Waals surface area (Å²) in [7, 11) is 2.92. The molecule has 0 aliphatic carbocycles. The summed E-state index contributed by atoms with van der Waals surface area (Å²) in [4.78, 5) is 42.2. The van der Waals surface area contributed by atoms with Crippen LogP contribution in [0, 0.1) is 0 Å². The molecule has 1 fully saturated rings. The molecule has 0 saturated carbocycles. The van der Waals surface area contributed by atoms with Crippen molar-refractivity contribution in [1.82, 2.24) is 9.80 Å². The molecule has 1 saturated heterocycles. The minimum Gasteiger partial charge on any atom is -0.383 e. The predicted octanol–water partition coefficient (Wildman–Crippen LogP) is 3.12. The normalized spacial score (nSPS) is 13.7. The van der Waals surface area contributed by atoms with E-state index in [9.17, 15) is 27.6 Å². The van der Waals surface area contributed by atoms with E-state index in [1.807, 2.05) is 12.1 Å². The second-order valence-corrected chi connectivity index (χ2v) is 8.82. The lowest BCUT2D eigenvalue weighted by atomic mass is 10.2. The Bertz CT molecular complexity index is 1120. The first kappa shape index (κ1) is 29.7. The van der Waals surface area contributed by atoms with Gasteiger partial charge in [0.25, 0.3) is 0 Å². The summed E-state index contributed by atoms with van der Waals surface area (Å²) in [6.45, 7) is 2.10. The minimum atomic E-state index is -4.49. The number of ether oxygens (including phenoxy) is 2. The lowest BCUT2D eigenvalue weighted by molar-refractivity contribution is -0.138. The quantitative estimate of drug-likeness (QED) is 0.471. The third-order valence-electron chi connectivity index (χ3n) is 6.04. The first-order chi connectivity index (χ1) is 18.6. The monoisotopic (exact) mass is 551 g/mol. The Morgan fingerprint density at radius 2 is 1.62 bits per heavy atom. The number of hydrogen-bond donors (Lipinski definition) is 2. The topological polar surface area (TPSA) is 103 Å². The van der Waals surface area contributed by atoms with Gasteiger partial charge in [0.15, 0.2) is 0 Å². The number of carbonyl (C=O) groups is 3. The van der Waals surface area contributed by atoms with Crippen LogP contribution in [0.25, 0.3) is 0 Å². The fourth-order valence-electron chi connectivity index (χ4n) is 3.98. The van der Waals surface area contributed by atoms with E-state index in [2.05, 4.69) is 15.5 Å². The number of benzene rings is 2. The number of alkyl halides is 3. The zero-order chi connectivity index (χ0) is 28.4. The number of hydrogen-bond acceptors (Lipinski definition) is 6. The maximum atomic E-state index is 12.9. The highest BCUT2D eigenvalue weighted by Gasteiger charge is 2.31. The number of methoxy groups -OCH3 is 2. The van der Waals surface area contributed by atoms with Crippen LogP contribution in [0.5, 0.6) is 0 Å². The molecule has 2 aromatic rings. The predicted molar refractivity (Wildman–Crippen MR) is 140 cm³/mol. The van der Waals surface area contributed by atoms with Crippen LogP contribution >= 0.6 is 0 Å². The highest BCUT2D eigenvalue weighted by atomic mass is 19.4. The van der Waals surface area contributed by atoms with Crippen molar-refractivity contribution < 1.29 is 37.0 Å². The van der Waals surface area contributed by atoms with E-state index < -0.39 is 17.8 Å². The van der Waals surface area contributed by atoms with Gasteiger partial charge in [-0.2, -0.15) is 13.2 Å². The smallest absolute Gasteiger partial charge is 0.383 e. The number of urea groups is 1. The van der Waals surface area contributed by atoms with E-state index in [-0.39, 0.29) is 43.8 Å². The number of rotatable bonds is 10. The summed E-state index contributed by atoms with van der Waals surface area (Å²) in [6, 6.07) is 11.2. The van der Waals surface area contributed by atoms with Crippen molar-refractivity contribution in [2.24, 2.45) is 0 Å². The number of halogens is 3. The number of piperazine rings is 1. The first-order valence-corrected chi connectivity index (χ1v) is 12.2. The van der Waals surface area contributed by atoms with Gasteiger partial charge in [0.2, 0.25) is 11.8 Å². The minimum absolute atomic E-state index is 0.0831. The Morgan fingerprint density at radius 1 is 0.923 bits per heavy atom. The van der Waals surface area contributed by atoms with Crippen LogP contribution in [0.1, 0.15) is 5.56 Å². The highest BCUT2D eigenvalue weighted by molar-refractivity contribution is 5.95. The van der Waals surface area contributed by atoms with Crippen LogP contribution in [0.2, 0.25) is 0 Å². The van der Waals surface area contributed by atoms with Gasteiger partial charge >= 0.3 is 12.2 Å². The molecule has 39 heavy (non-hydrogen) atoms. The molecule has 0 atom stereocenters. The van der Waals surface area contributed by atoms with Crippen molar-refractivity contribution in [1.29, 1.82) is 0 Å². The van der Waals surface area contributed by atoms with Crippen molar-refractivity contribution in [2.45, 2.75) is 6.18 Å². The van der Waals surface area contributed by atoms with Crippen molar-refractivity contribution >= 4 is 34.9 Å². The van der Waals surface area contributed by atoms with Crippen LogP contribution in [0.15, 0.2) is 48.5 Å². The summed E-state index contributed by atoms with van der Waals surface area (Å²) < 4.78 is 48.6. The van der Waals surface area contributed by atoms with Crippen molar-refractivity contribution in [3.63, 3.8) is 0 Å². The van der Waals surface area contributed by atoms with Crippen LogP contribution < -0.4 is 15.5 Å². The fraction of sp³-hybridized carbons (Fsp3) is 0.423. The van der Waals surface area contributed by atoms with E-state index in [0.717, 1.165) is 17.8 Å². The second-order valence-electron chi connectivity index (χ2n) is 8.82. The van der Waals surface area contributed by atoms with Gasteiger partial charge < -0.3 is 34.8 Å². The van der Waals surface area contributed by atoms with Gasteiger partial charge in [0, 0.05) is 64.0 Å². The maximum Gasteiger partial charge on any atom is 0.416 e. The third-order valence-corrected chi connectivity index (χ3v) is 6.04. The van der Waals surface area contributed by atoms with Crippen LogP contribution in [-0.2, 0) is 25.2 Å². The van der Waals surface area contributed by atoms with Gasteiger partial charge in [-0.1, -0.05) is 6.07 Å². The summed E-state index contributed by atoms with van der Waals surface area (Å²) in [6.07, 6.45) is -4.49. The van der Waals surface area contributed by atoms with Gasteiger partial charge in [-0.25, -0.2) is 4.79 Å². The van der Waals surface area contributed by atoms with Crippen LogP contribution in [-0.4, -0.2) is 94.3 Å². The number of nitrogens with one attached hydrogen (secondary N) is 2. The molecule has 0 bridgehead atoms. The number of anilines is 3. The molecule has 4 amide bonds. The lowest BCUT2D eigenvalue weighted by Gasteiger charge is -2.36. The van der Waals surface area contributed by atoms with Crippen molar-refractivity contribution in [3.8, 4) is 0 Å². The molecule has 0 unspecified atom stereocenters. The SMILES string of the molecule is COCCN(CC(=O)Nc1ccc(N2CCN(C(=O)Nc3cccc(C(F)(F)F)c3)CC2)cc1)C(=O)COC. The highest BCUT2D eigenvalue weighted by Crippen LogP contribution is 2.30. The zero-order valence-corrected chi connectivity index (χ0v) is 21.8. The third kappa shape index (κ3) is 8.86. The molecule has 3 rings (SSSR count). The maximum absolute atomic E-state index is 12.9. The molecule has 10 nitrogen and oxygen atoms in total. The Balaban J connectivity index is 1.49. The molecule has 0 spiro atoms. The van der Waals surface area contributed by atoms with Crippen molar-refractivity contribution in [2.75, 3.05) is 82.2 Å². The first-order valence-electron chi connectivity index (χ1n) is 12.2. The standard InChI is InChI=1S/C26H32F3N5O5/c1-38-15-14-34(24(36)18-39-2)17-23(35)30-20-6-8-22(9-7-20)32-10-12-33(13-11-32)25(37)31-21-5-3-4-19(16-21)26(27,28)29/h3-9,16H,10-15,17-18H2,1-2H3,(H,30,35)(H,31,37). The molecule has 212 valence electrons. The molecular formula is C26H32F3N5O5. The molecule has 1 aliphatic heterocycles. The Kier molecular flexibility index (Phi) is 10.5. The second kappa shape index (κ2) is 13.8. The van der Waals surface area contributed by atoms with Crippen molar-refractivity contribution in [3.05, 3.63) is 54.1 Å². The molecule has 2 N–H and O–H groups in total. The van der Waals surface area contributed by atoms with Gasteiger partial charge in [0.05, 0.1) is 12.2 Å². The van der Waals surface area contributed by atoms with Gasteiger partial charge in [-0.15, -0.1) is 0 Å². The van der Waals surface area contributed by atoms with E-state index in [0.29, 0.717) is 31.9 Å². The fourth-order valence-corrected chi connectivity index (χ4v) is 3.98. The van der Waals surface area contributed by atoms with E-state index in [1.165, 1.54) is 31.3 Å². The molecule has 2 aromatic carbocycles. The summed E-state index contributed by atoms with van der Waals surface area (Å²) in [5.41, 5.74) is 0.712. The van der Waals surface area contributed by atoms with Gasteiger partial charge in [-0.3, -0.25) is 9.59 Å². The average Bonchev–Trinajstić information content (AvgIpc) is 2.91. The van der Waals surface area contributed by atoms with Crippen LogP contribution in [0.4, 0.5) is 35.0 Å². The summed E-state index contributed by atoms with van der Waals surface area (Å²) in [5, 5.41) is 5.30. The Hall–Kier alpha value is -3.84. The van der Waals surface area contributed by atoms with E-state index >= 15 is 0 Å². The largest absolute Gasteiger partial charge is 0.416 e. The number of nitrogens with zero attached hydrogens (tertiary/aromatic N) is 3. The molecular weight excluding hydrogens is 519 g/mol. The van der Waals surface area contributed by atoms with Gasteiger partial charge in [-0.05, 0) is 42.5 Å². The molecule has 0 aromatic heterocycles. The molecule has 0 radical (unpaired) electrons. The Morgan fingerprint density at radius 3 is 2.23 bits per heavy atom. The van der Waals surface area contributed by atoms with E-state index in [1.54, 1.807) is 17.0 Å². The van der Waals surface area contributed by atoms with E-state index in [4.69, 9.17) is 9.47 Å². The van der Waals surface area contributed by atoms with Crippen LogP contribution in [0.3, 0.4) is 0 Å². The Labute approximate surface area is 224 Å². The number of amides is 4. The zero-order valence-electron chi connectivity index (χ0n) is 21.8. The molecule has 1 aliphatic rings. The lowest BCUT2D eigenvalue weighted by Crippen LogP contribution is -2.50. The van der Waals surface area contributed by atoms with Gasteiger partial charge in [0.1, 0.15) is 13.2 Å². The summed E-state index contributed by atoms with van der Waals surface area (Å²) >= 11 is 0. The average molecular weight is 552 g/mol.